The Hall–Kier alpha value is -2.09. The number of amides is 2. The number of nitrogens with one attached hydrogen (secondary N) is 2. The molecule has 8 heteroatoms. The summed E-state index contributed by atoms with van der Waals surface area (Å²) in [5.74, 6) is -2.04. The molecular weight excluding hydrogens is 332 g/mol. The van der Waals surface area contributed by atoms with E-state index >= 15 is 0 Å². The molecule has 0 radical (unpaired) electrons. The number of methoxy groups -OCH3 is 1. The minimum absolute atomic E-state index is 0.445. The normalized spacial score (nSPS) is 11.3. The smallest absolute Gasteiger partial charge is 0.326 e. The fraction of sp³-hybridized carbons (Fsp3) is 0.250. The monoisotopic (exact) mass is 344 g/mol. The lowest BCUT2D eigenvalue weighted by Gasteiger charge is -2.14. The number of halogens is 1. The highest BCUT2D eigenvalue weighted by Crippen LogP contribution is 2.13. The average molecular weight is 345 g/mol. The maximum Gasteiger partial charge on any atom is 0.326 e. The molecule has 0 unspecified atom stereocenters. The highest BCUT2D eigenvalue weighted by atomic mass is 79.9. The molecule has 0 spiro atoms. The van der Waals surface area contributed by atoms with Crippen molar-refractivity contribution in [3.8, 4) is 0 Å². The standard InChI is InChI=1S/C12H13BrN2O5/c1-20-10(16)6-9(11(17)18)15-12(19)14-8-4-2-7(13)3-5-8/h2-5,9H,6H2,1H3,(H,17,18)(H2,14,15,19)/t9-/m0/s1. The van der Waals surface area contributed by atoms with Crippen molar-refractivity contribution in [1.82, 2.24) is 5.32 Å². The highest BCUT2D eigenvalue weighted by molar-refractivity contribution is 9.10. The molecule has 0 saturated carbocycles. The van der Waals surface area contributed by atoms with Crippen molar-refractivity contribution >= 4 is 39.6 Å². The fourth-order valence-corrected chi connectivity index (χ4v) is 1.57. The summed E-state index contributed by atoms with van der Waals surface area (Å²) in [7, 11) is 1.14. The van der Waals surface area contributed by atoms with Crippen LogP contribution in [0.25, 0.3) is 0 Å². The minimum Gasteiger partial charge on any atom is -0.480 e. The van der Waals surface area contributed by atoms with E-state index in [4.69, 9.17) is 5.11 Å². The Kier molecular flexibility index (Phi) is 5.98. The first-order chi connectivity index (χ1) is 9.42. The van der Waals surface area contributed by atoms with Gasteiger partial charge in [0.25, 0.3) is 0 Å². The number of carbonyl (C=O) groups is 3. The number of carboxylic acids is 1. The Morgan fingerprint density at radius 1 is 1.30 bits per heavy atom. The number of ether oxygens (including phenoxy) is 1. The largest absolute Gasteiger partial charge is 0.480 e. The summed E-state index contributed by atoms with van der Waals surface area (Å²) in [5.41, 5.74) is 0.493. The molecule has 0 aliphatic rings. The summed E-state index contributed by atoms with van der Waals surface area (Å²) in [6, 6.07) is 4.65. The Labute approximate surface area is 123 Å². The molecule has 0 bridgehead atoms. The summed E-state index contributed by atoms with van der Waals surface area (Å²) in [4.78, 5) is 33.6. The van der Waals surface area contributed by atoms with E-state index in [-0.39, 0.29) is 0 Å². The molecule has 2 amide bonds. The van der Waals surface area contributed by atoms with Crippen LogP contribution in [0.3, 0.4) is 0 Å². The van der Waals surface area contributed by atoms with Gasteiger partial charge in [0, 0.05) is 10.2 Å². The van der Waals surface area contributed by atoms with E-state index in [0.29, 0.717) is 5.69 Å². The van der Waals surface area contributed by atoms with Crippen LogP contribution >= 0.6 is 15.9 Å². The molecule has 20 heavy (non-hydrogen) atoms. The third kappa shape index (κ3) is 5.27. The molecule has 0 aliphatic carbocycles. The summed E-state index contributed by atoms with van der Waals surface area (Å²) < 4.78 is 5.21. The molecule has 0 saturated heterocycles. The van der Waals surface area contributed by atoms with Crippen molar-refractivity contribution in [2.24, 2.45) is 0 Å². The molecule has 108 valence electrons. The van der Waals surface area contributed by atoms with Crippen LogP contribution in [-0.2, 0) is 14.3 Å². The molecule has 1 atom stereocenters. The quantitative estimate of drug-likeness (QED) is 0.703. The third-order valence-corrected chi connectivity index (χ3v) is 2.83. The molecule has 0 aromatic heterocycles. The number of carbonyl (C=O) groups excluding carboxylic acids is 2. The van der Waals surface area contributed by atoms with E-state index in [2.05, 4.69) is 31.3 Å². The van der Waals surface area contributed by atoms with Crippen LogP contribution in [0.1, 0.15) is 6.42 Å². The number of anilines is 1. The van der Waals surface area contributed by atoms with Gasteiger partial charge in [-0.25, -0.2) is 9.59 Å². The van der Waals surface area contributed by atoms with Gasteiger partial charge in [-0.3, -0.25) is 4.79 Å². The van der Waals surface area contributed by atoms with Crippen molar-refractivity contribution in [2.75, 3.05) is 12.4 Å². The Morgan fingerprint density at radius 2 is 1.90 bits per heavy atom. The van der Waals surface area contributed by atoms with Gasteiger partial charge in [0.05, 0.1) is 13.5 Å². The van der Waals surface area contributed by atoms with Crippen LogP contribution in [0.2, 0.25) is 0 Å². The number of esters is 1. The summed E-state index contributed by atoms with van der Waals surface area (Å²) in [6.45, 7) is 0. The van der Waals surface area contributed by atoms with Gasteiger partial charge in [-0.05, 0) is 24.3 Å². The third-order valence-electron chi connectivity index (χ3n) is 2.30. The van der Waals surface area contributed by atoms with E-state index in [9.17, 15) is 14.4 Å². The first kappa shape index (κ1) is 16.0. The van der Waals surface area contributed by atoms with Crippen LogP contribution in [-0.4, -0.2) is 36.2 Å². The number of carboxylic acid groups (broad SMARTS) is 1. The highest BCUT2D eigenvalue weighted by Gasteiger charge is 2.23. The molecule has 1 aromatic rings. The summed E-state index contributed by atoms with van der Waals surface area (Å²) in [5, 5.41) is 13.6. The molecular formula is C12H13BrN2O5. The van der Waals surface area contributed by atoms with E-state index in [1.165, 1.54) is 0 Å². The number of benzene rings is 1. The zero-order valence-electron chi connectivity index (χ0n) is 10.6. The van der Waals surface area contributed by atoms with Crippen LogP contribution in [0.15, 0.2) is 28.7 Å². The van der Waals surface area contributed by atoms with Crippen LogP contribution in [0.4, 0.5) is 10.5 Å². The van der Waals surface area contributed by atoms with Gasteiger partial charge in [0.1, 0.15) is 6.04 Å². The number of aliphatic carboxylic acids is 1. The van der Waals surface area contributed by atoms with Gasteiger partial charge in [0.15, 0.2) is 0 Å². The van der Waals surface area contributed by atoms with Gasteiger partial charge in [0.2, 0.25) is 0 Å². The van der Waals surface area contributed by atoms with Gasteiger partial charge in [-0.2, -0.15) is 0 Å². The van der Waals surface area contributed by atoms with Crippen LogP contribution < -0.4 is 10.6 Å². The second-order valence-corrected chi connectivity index (χ2v) is 4.69. The zero-order valence-corrected chi connectivity index (χ0v) is 12.1. The Morgan fingerprint density at radius 3 is 2.40 bits per heavy atom. The van der Waals surface area contributed by atoms with E-state index in [1.54, 1.807) is 24.3 Å². The molecule has 0 heterocycles. The number of hydrogen-bond acceptors (Lipinski definition) is 4. The average Bonchev–Trinajstić information content (AvgIpc) is 2.40. The molecule has 0 fully saturated rings. The molecule has 0 aliphatic heterocycles. The fourth-order valence-electron chi connectivity index (χ4n) is 1.31. The molecule has 1 aromatic carbocycles. The lowest BCUT2D eigenvalue weighted by Crippen LogP contribution is -2.44. The Bertz CT molecular complexity index is 503. The van der Waals surface area contributed by atoms with Crippen molar-refractivity contribution in [2.45, 2.75) is 12.5 Å². The predicted molar refractivity (Wildman–Crippen MR) is 74.4 cm³/mol. The second kappa shape index (κ2) is 7.49. The lowest BCUT2D eigenvalue weighted by molar-refractivity contribution is -0.147. The molecule has 7 nitrogen and oxygen atoms in total. The van der Waals surface area contributed by atoms with Crippen molar-refractivity contribution < 1.29 is 24.2 Å². The Balaban J connectivity index is 2.60. The lowest BCUT2D eigenvalue weighted by atomic mass is 10.2. The minimum atomic E-state index is -1.35. The SMILES string of the molecule is COC(=O)C[C@H](NC(=O)Nc1ccc(Br)cc1)C(=O)O. The second-order valence-electron chi connectivity index (χ2n) is 3.78. The first-order valence-corrected chi connectivity index (χ1v) is 6.34. The first-order valence-electron chi connectivity index (χ1n) is 5.55. The van der Waals surface area contributed by atoms with Crippen molar-refractivity contribution in [1.29, 1.82) is 0 Å². The van der Waals surface area contributed by atoms with Crippen molar-refractivity contribution in [3.05, 3.63) is 28.7 Å². The molecule has 3 N–H and O–H groups in total. The topological polar surface area (TPSA) is 105 Å². The summed E-state index contributed by atoms with van der Waals surface area (Å²) in [6.07, 6.45) is -0.445. The summed E-state index contributed by atoms with van der Waals surface area (Å²) >= 11 is 3.25. The van der Waals surface area contributed by atoms with Crippen LogP contribution in [0.5, 0.6) is 0 Å². The van der Waals surface area contributed by atoms with Gasteiger partial charge in [-0.15, -0.1) is 0 Å². The maximum absolute atomic E-state index is 11.6. The van der Waals surface area contributed by atoms with Gasteiger partial charge in [-0.1, -0.05) is 15.9 Å². The number of urea groups is 1. The van der Waals surface area contributed by atoms with Crippen LogP contribution in [0, 0.1) is 0 Å². The van der Waals surface area contributed by atoms with E-state index in [1.807, 2.05) is 0 Å². The molecule has 1 rings (SSSR count). The maximum atomic E-state index is 11.6. The van der Waals surface area contributed by atoms with Gasteiger partial charge < -0.3 is 20.5 Å². The predicted octanol–water partition coefficient (Wildman–Crippen LogP) is 1.59. The zero-order chi connectivity index (χ0) is 15.1. The van der Waals surface area contributed by atoms with E-state index in [0.717, 1.165) is 11.6 Å². The van der Waals surface area contributed by atoms with Crippen molar-refractivity contribution in [3.63, 3.8) is 0 Å². The number of hydrogen-bond donors (Lipinski definition) is 3. The van der Waals surface area contributed by atoms with E-state index < -0.39 is 30.4 Å². The van der Waals surface area contributed by atoms with Gasteiger partial charge >= 0.3 is 18.0 Å². The number of rotatable bonds is 5.